The van der Waals surface area contributed by atoms with Gasteiger partial charge in [-0.25, -0.2) is 4.79 Å². The molecular weight excluding hydrogens is 272 g/mol. The van der Waals surface area contributed by atoms with Crippen molar-refractivity contribution < 1.29 is 19.8 Å². The molecule has 0 unspecified atom stereocenters. The number of carboxylic acids is 1. The van der Waals surface area contributed by atoms with Gasteiger partial charge in [0.25, 0.3) is 5.91 Å². The zero-order valence-corrected chi connectivity index (χ0v) is 11.3. The van der Waals surface area contributed by atoms with E-state index in [-0.39, 0.29) is 17.0 Å². The van der Waals surface area contributed by atoms with Crippen LogP contribution in [0.1, 0.15) is 26.3 Å². The van der Waals surface area contributed by atoms with Gasteiger partial charge in [-0.15, -0.1) is 0 Å². The molecule has 2 aromatic carbocycles. The maximum Gasteiger partial charge on any atom is 0.337 e. The molecular formula is C15H14N2O4. The van der Waals surface area contributed by atoms with Crippen LogP contribution in [0.3, 0.4) is 0 Å². The third-order valence-electron chi connectivity index (χ3n) is 3.02. The lowest BCUT2D eigenvalue weighted by Gasteiger charge is -2.10. The number of carboxylic acid groups (broad SMARTS) is 1. The highest BCUT2D eigenvalue weighted by Crippen LogP contribution is 2.22. The Kier molecular flexibility index (Phi) is 3.80. The number of nitrogen functional groups attached to an aromatic ring is 1. The second kappa shape index (κ2) is 5.54. The molecule has 108 valence electrons. The van der Waals surface area contributed by atoms with E-state index in [0.29, 0.717) is 11.3 Å². The first-order valence-corrected chi connectivity index (χ1v) is 6.12. The molecule has 0 aliphatic carbocycles. The molecule has 0 aromatic heterocycles. The Morgan fingerprint density at radius 2 is 1.86 bits per heavy atom. The number of nitrogens with one attached hydrogen (secondary N) is 1. The number of nitrogens with two attached hydrogens (primary N) is 1. The lowest BCUT2D eigenvalue weighted by atomic mass is 10.1. The number of aromatic carboxylic acids is 1. The number of phenolic OH excluding ortho intramolecular Hbond substituents is 1. The molecule has 6 heteroatoms. The van der Waals surface area contributed by atoms with Crippen LogP contribution < -0.4 is 11.1 Å². The van der Waals surface area contributed by atoms with E-state index in [1.165, 1.54) is 18.2 Å². The molecule has 2 rings (SSSR count). The minimum Gasteiger partial charge on any atom is -0.508 e. The Balaban J connectivity index is 2.31. The number of benzene rings is 2. The van der Waals surface area contributed by atoms with Gasteiger partial charge in [-0.3, -0.25) is 4.79 Å². The highest BCUT2D eigenvalue weighted by atomic mass is 16.4. The fourth-order valence-corrected chi connectivity index (χ4v) is 1.79. The van der Waals surface area contributed by atoms with Crippen LogP contribution in [0.2, 0.25) is 0 Å². The normalized spacial score (nSPS) is 10.1. The van der Waals surface area contributed by atoms with E-state index < -0.39 is 11.9 Å². The zero-order valence-electron chi connectivity index (χ0n) is 11.3. The molecule has 0 fully saturated rings. The van der Waals surface area contributed by atoms with Crippen molar-refractivity contribution in [2.24, 2.45) is 0 Å². The van der Waals surface area contributed by atoms with Crippen molar-refractivity contribution >= 4 is 23.3 Å². The molecule has 21 heavy (non-hydrogen) atoms. The maximum absolute atomic E-state index is 12.1. The van der Waals surface area contributed by atoms with Crippen LogP contribution in [-0.4, -0.2) is 22.1 Å². The smallest absolute Gasteiger partial charge is 0.337 e. The van der Waals surface area contributed by atoms with Crippen LogP contribution >= 0.6 is 0 Å². The van der Waals surface area contributed by atoms with E-state index in [9.17, 15) is 14.7 Å². The summed E-state index contributed by atoms with van der Waals surface area (Å²) in [5.41, 5.74) is 7.30. The average Bonchev–Trinajstić information content (AvgIpc) is 2.43. The fourth-order valence-electron chi connectivity index (χ4n) is 1.79. The predicted molar refractivity (Wildman–Crippen MR) is 78.6 cm³/mol. The van der Waals surface area contributed by atoms with Gasteiger partial charge in [0.15, 0.2) is 0 Å². The molecule has 0 aliphatic rings. The highest BCUT2D eigenvalue weighted by molar-refractivity contribution is 6.08. The summed E-state index contributed by atoms with van der Waals surface area (Å²) in [6.45, 7) is 1.82. The third kappa shape index (κ3) is 3.11. The molecule has 0 radical (unpaired) electrons. The molecule has 6 nitrogen and oxygen atoms in total. The summed E-state index contributed by atoms with van der Waals surface area (Å²) in [7, 11) is 0. The first-order chi connectivity index (χ1) is 9.88. The molecule has 0 saturated carbocycles. The fraction of sp³-hybridized carbons (Fsp3) is 0.0667. The maximum atomic E-state index is 12.1. The van der Waals surface area contributed by atoms with E-state index in [4.69, 9.17) is 10.8 Å². The van der Waals surface area contributed by atoms with Crippen molar-refractivity contribution in [3.05, 3.63) is 53.1 Å². The standard InChI is InChI=1S/C15H14N2O4/c1-8-2-3-9(6-12(8)16)14(19)17-13-5-4-10(18)7-11(13)15(20)21/h2-7,18H,16H2,1H3,(H,17,19)(H,20,21). The van der Waals surface area contributed by atoms with Gasteiger partial charge in [-0.05, 0) is 42.8 Å². The quantitative estimate of drug-likeness (QED) is 0.510. The minimum absolute atomic E-state index is 0.101. The van der Waals surface area contributed by atoms with Crippen LogP contribution in [-0.2, 0) is 0 Å². The molecule has 5 N–H and O–H groups in total. The Labute approximate surface area is 120 Å². The van der Waals surface area contributed by atoms with Crippen molar-refractivity contribution in [3.63, 3.8) is 0 Å². The molecule has 1 amide bonds. The Bertz CT molecular complexity index is 726. The van der Waals surface area contributed by atoms with Gasteiger partial charge in [0.05, 0.1) is 11.3 Å². The number of anilines is 2. The molecule has 0 bridgehead atoms. The average molecular weight is 286 g/mol. The number of hydrogen-bond donors (Lipinski definition) is 4. The van der Waals surface area contributed by atoms with E-state index in [0.717, 1.165) is 11.6 Å². The van der Waals surface area contributed by atoms with Crippen molar-refractivity contribution in [2.75, 3.05) is 11.1 Å². The summed E-state index contributed by atoms with van der Waals surface area (Å²) in [4.78, 5) is 23.2. The van der Waals surface area contributed by atoms with Gasteiger partial charge in [-0.1, -0.05) is 6.07 Å². The molecule has 0 heterocycles. The molecule has 0 spiro atoms. The van der Waals surface area contributed by atoms with Gasteiger partial charge in [0, 0.05) is 11.3 Å². The Hall–Kier alpha value is -3.02. The summed E-state index contributed by atoms with van der Waals surface area (Å²) in [5, 5.41) is 20.9. The van der Waals surface area contributed by atoms with Gasteiger partial charge in [-0.2, -0.15) is 0 Å². The van der Waals surface area contributed by atoms with Gasteiger partial charge >= 0.3 is 5.97 Å². The summed E-state index contributed by atoms with van der Waals surface area (Å²) in [6.07, 6.45) is 0. The number of phenols is 1. The minimum atomic E-state index is -1.25. The van der Waals surface area contributed by atoms with Crippen LogP contribution in [0.15, 0.2) is 36.4 Å². The van der Waals surface area contributed by atoms with E-state index in [1.54, 1.807) is 12.1 Å². The largest absolute Gasteiger partial charge is 0.508 e. The molecule has 2 aromatic rings. The summed E-state index contributed by atoms with van der Waals surface area (Å²) in [6, 6.07) is 8.52. The summed E-state index contributed by atoms with van der Waals surface area (Å²) < 4.78 is 0. The molecule has 0 saturated heterocycles. The summed E-state index contributed by atoms with van der Waals surface area (Å²) >= 11 is 0. The predicted octanol–water partition coefficient (Wildman–Crippen LogP) is 2.23. The first kappa shape index (κ1) is 14.4. The van der Waals surface area contributed by atoms with Gasteiger partial charge < -0.3 is 21.3 Å². The molecule has 0 aliphatic heterocycles. The lowest BCUT2D eigenvalue weighted by Crippen LogP contribution is -2.15. The van der Waals surface area contributed by atoms with E-state index in [2.05, 4.69) is 5.32 Å². The SMILES string of the molecule is Cc1ccc(C(=O)Nc2ccc(O)cc2C(=O)O)cc1N. The van der Waals surface area contributed by atoms with Crippen LogP contribution in [0.25, 0.3) is 0 Å². The second-order valence-corrected chi connectivity index (χ2v) is 4.56. The van der Waals surface area contributed by atoms with E-state index in [1.807, 2.05) is 6.92 Å². The number of carbonyl (C=O) groups is 2. The monoisotopic (exact) mass is 286 g/mol. The topological polar surface area (TPSA) is 113 Å². The van der Waals surface area contributed by atoms with Gasteiger partial charge in [0.2, 0.25) is 0 Å². The molecule has 0 atom stereocenters. The van der Waals surface area contributed by atoms with Crippen LogP contribution in [0.4, 0.5) is 11.4 Å². The van der Waals surface area contributed by atoms with Gasteiger partial charge in [0.1, 0.15) is 5.75 Å². The highest BCUT2D eigenvalue weighted by Gasteiger charge is 2.14. The van der Waals surface area contributed by atoms with Crippen molar-refractivity contribution in [1.82, 2.24) is 0 Å². The number of aromatic hydroxyl groups is 1. The zero-order chi connectivity index (χ0) is 15.6. The van der Waals surface area contributed by atoms with Crippen LogP contribution in [0.5, 0.6) is 5.75 Å². The third-order valence-corrected chi connectivity index (χ3v) is 3.02. The van der Waals surface area contributed by atoms with Crippen molar-refractivity contribution in [3.8, 4) is 5.75 Å². The van der Waals surface area contributed by atoms with Crippen molar-refractivity contribution in [1.29, 1.82) is 0 Å². The number of aryl methyl sites for hydroxylation is 1. The van der Waals surface area contributed by atoms with Crippen LogP contribution in [0, 0.1) is 6.92 Å². The number of carbonyl (C=O) groups excluding carboxylic acids is 1. The van der Waals surface area contributed by atoms with E-state index >= 15 is 0 Å². The second-order valence-electron chi connectivity index (χ2n) is 4.56. The van der Waals surface area contributed by atoms with Crippen molar-refractivity contribution in [2.45, 2.75) is 6.92 Å². The summed E-state index contributed by atoms with van der Waals surface area (Å²) in [5.74, 6) is -1.91. The Morgan fingerprint density at radius 1 is 1.14 bits per heavy atom. The number of amides is 1. The Morgan fingerprint density at radius 3 is 2.48 bits per heavy atom. The number of rotatable bonds is 3. The lowest BCUT2D eigenvalue weighted by molar-refractivity contribution is 0.0697. The number of hydrogen-bond acceptors (Lipinski definition) is 4. The first-order valence-electron chi connectivity index (χ1n) is 6.12.